The van der Waals surface area contributed by atoms with Crippen molar-refractivity contribution in [2.45, 2.75) is 33.2 Å². The average molecular weight is 197 g/mol. The third-order valence-corrected chi connectivity index (χ3v) is 1.87. The molecule has 0 aliphatic carbocycles. The first kappa shape index (κ1) is 12.9. The van der Waals surface area contributed by atoms with Crippen LogP contribution < -0.4 is 10.6 Å². The van der Waals surface area contributed by atoms with E-state index in [1.807, 2.05) is 13.8 Å². The van der Waals surface area contributed by atoms with Crippen molar-refractivity contribution < 1.29 is 4.79 Å². The summed E-state index contributed by atoms with van der Waals surface area (Å²) in [4.78, 5) is 11.3. The van der Waals surface area contributed by atoms with E-state index in [1.165, 1.54) is 0 Å². The van der Waals surface area contributed by atoms with Crippen molar-refractivity contribution in [3.05, 3.63) is 0 Å². The molecule has 0 aliphatic heterocycles. The lowest BCUT2D eigenvalue weighted by atomic mass is 10.2. The Balaban J connectivity index is 3.61. The summed E-state index contributed by atoms with van der Waals surface area (Å²) in [5.74, 6) is -0.117. The molecule has 0 aliphatic rings. The van der Waals surface area contributed by atoms with Crippen LogP contribution in [0.2, 0.25) is 0 Å². The molecule has 2 unspecified atom stereocenters. The Hall–Kier alpha value is -1.08. The zero-order chi connectivity index (χ0) is 11.0. The Morgan fingerprint density at radius 1 is 1.50 bits per heavy atom. The van der Waals surface area contributed by atoms with Gasteiger partial charge in [0.05, 0.1) is 12.0 Å². The molecule has 0 aromatic heterocycles. The zero-order valence-corrected chi connectivity index (χ0v) is 9.13. The molecule has 4 nitrogen and oxygen atoms in total. The number of carbonyl (C=O) groups excluding carboxylic acids is 1. The van der Waals surface area contributed by atoms with Crippen molar-refractivity contribution in [1.82, 2.24) is 10.6 Å². The van der Waals surface area contributed by atoms with Crippen molar-refractivity contribution in [3.8, 4) is 6.07 Å². The quantitative estimate of drug-likeness (QED) is 0.657. The maximum atomic E-state index is 11.3. The number of nitrogens with zero attached hydrogens (tertiary/aromatic N) is 1. The van der Waals surface area contributed by atoms with Crippen molar-refractivity contribution >= 4 is 5.91 Å². The van der Waals surface area contributed by atoms with Gasteiger partial charge in [0.1, 0.15) is 0 Å². The molecule has 2 N–H and O–H groups in total. The van der Waals surface area contributed by atoms with Gasteiger partial charge in [-0.25, -0.2) is 0 Å². The minimum Gasteiger partial charge on any atom is -0.355 e. The van der Waals surface area contributed by atoms with E-state index in [2.05, 4.69) is 16.7 Å². The maximum absolute atomic E-state index is 11.3. The summed E-state index contributed by atoms with van der Waals surface area (Å²) in [5, 5.41) is 14.4. The number of hydrogen-bond donors (Lipinski definition) is 2. The van der Waals surface area contributed by atoms with E-state index in [0.717, 1.165) is 6.54 Å². The molecule has 4 heteroatoms. The summed E-state index contributed by atoms with van der Waals surface area (Å²) in [6.07, 6.45) is 0.464. The van der Waals surface area contributed by atoms with Crippen molar-refractivity contribution in [1.29, 1.82) is 5.26 Å². The lowest BCUT2D eigenvalue weighted by Gasteiger charge is -2.12. The second-order valence-corrected chi connectivity index (χ2v) is 3.50. The molecular weight excluding hydrogens is 178 g/mol. The summed E-state index contributed by atoms with van der Waals surface area (Å²) in [7, 11) is 0. The molecule has 0 spiro atoms. The zero-order valence-electron chi connectivity index (χ0n) is 9.13. The van der Waals surface area contributed by atoms with Gasteiger partial charge in [-0.3, -0.25) is 4.79 Å². The second-order valence-electron chi connectivity index (χ2n) is 3.50. The van der Waals surface area contributed by atoms with Crippen LogP contribution in [0.5, 0.6) is 0 Å². The standard InChI is InChI=1S/C10H19N3O/c1-4-12-9(3)5-10(14)13-7-8(2)6-11/h8-9,12H,4-5,7H2,1-3H3,(H,13,14). The van der Waals surface area contributed by atoms with Gasteiger partial charge in [-0.05, 0) is 20.4 Å². The number of nitrogens with one attached hydrogen (secondary N) is 2. The van der Waals surface area contributed by atoms with Crippen LogP contribution in [0.1, 0.15) is 27.2 Å². The van der Waals surface area contributed by atoms with Gasteiger partial charge in [0.15, 0.2) is 0 Å². The van der Waals surface area contributed by atoms with Gasteiger partial charge in [0, 0.05) is 19.0 Å². The van der Waals surface area contributed by atoms with Crippen LogP contribution in [0.25, 0.3) is 0 Å². The number of nitriles is 1. The van der Waals surface area contributed by atoms with E-state index < -0.39 is 0 Å². The van der Waals surface area contributed by atoms with Crippen LogP contribution in [-0.2, 0) is 4.79 Å². The molecule has 80 valence electrons. The van der Waals surface area contributed by atoms with Crippen LogP contribution in [0.4, 0.5) is 0 Å². The topological polar surface area (TPSA) is 64.9 Å². The molecule has 14 heavy (non-hydrogen) atoms. The summed E-state index contributed by atoms with van der Waals surface area (Å²) in [6.45, 7) is 7.06. The summed E-state index contributed by atoms with van der Waals surface area (Å²) >= 11 is 0. The highest BCUT2D eigenvalue weighted by Crippen LogP contribution is 1.92. The lowest BCUT2D eigenvalue weighted by Crippen LogP contribution is -2.35. The Morgan fingerprint density at radius 3 is 2.64 bits per heavy atom. The predicted molar refractivity (Wildman–Crippen MR) is 55.5 cm³/mol. The van der Waals surface area contributed by atoms with Crippen LogP contribution in [0, 0.1) is 17.2 Å². The molecule has 0 rings (SSSR count). The van der Waals surface area contributed by atoms with Crippen LogP contribution in [-0.4, -0.2) is 25.0 Å². The van der Waals surface area contributed by atoms with Crippen LogP contribution in [0.3, 0.4) is 0 Å². The number of carbonyl (C=O) groups is 1. The first-order valence-corrected chi connectivity index (χ1v) is 4.99. The van der Waals surface area contributed by atoms with Gasteiger partial charge >= 0.3 is 0 Å². The molecule has 0 fully saturated rings. The molecular formula is C10H19N3O. The Labute approximate surface area is 85.7 Å². The van der Waals surface area contributed by atoms with Crippen molar-refractivity contribution in [3.63, 3.8) is 0 Å². The van der Waals surface area contributed by atoms with E-state index in [1.54, 1.807) is 6.92 Å². The van der Waals surface area contributed by atoms with Gasteiger partial charge in [0.2, 0.25) is 5.91 Å². The largest absolute Gasteiger partial charge is 0.355 e. The average Bonchev–Trinajstić information content (AvgIpc) is 2.14. The highest BCUT2D eigenvalue weighted by molar-refractivity contribution is 5.76. The molecule has 0 aromatic carbocycles. The lowest BCUT2D eigenvalue weighted by molar-refractivity contribution is -0.121. The molecule has 0 radical (unpaired) electrons. The minimum absolute atomic E-state index is 0.000509. The summed E-state index contributed by atoms with van der Waals surface area (Å²) in [6, 6.07) is 2.26. The predicted octanol–water partition coefficient (Wildman–Crippen LogP) is 0.650. The molecule has 0 saturated carbocycles. The van der Waals surface area contributed by atoms with E-state index in [9.17, 15) is 4.79 Å². The minimum atomic E-state index is -0.117. The van der Waals surface area contributed by atoms with E-state index >= 15 is 0 Å². The van der Waals surface area contributed by atoms with Crippen molar-refractivity contribution in [2.24, 2.45) is 5.92 Å². The molecule has 2 atom stereocenters. The Morgan fingerprint density at radius 2 is 2.14 bits per heavy atom. The van der Waals surface area contributed by atoms with Gasteiger partial charge in [-0.15, -0.1) is 0 Å². The normalized spacial score (nSPS) is 14.1. The van der Waals surface area contributed by atoms with Crippen molar-refractivity contribution in [2.75, 3.05) is 13.1 Å². The van der Waals surface area contributed by atoms with Gasteiger partial charge in [-0.1, -0.05) is 6.92 Å². The third-order valence-electron chi connectivity index (χ3n) is 1.87. The van der Waals surface area contributed by atoms with Crippen LogP contribution >= 0.6 is 0 Å². The fraction of sp³-hybridized carbons (Fsp3) is 0.800. The first-order valence-electron chi connectivity index (χ1n) is 4.99. The van der Waals surface area contributed by atoms with E-state index in [4.69, 9.17) is 5.26 Å². The van der Waals surface area contributed by atoms with E-state index in [0.29, 0.717) is 13.0 Å². The smallest absolute Gasteiger partial charge is 0.221 e. The number of amides is 1. The molecule has 0 heterocycles. The maximum Gasteiger partial charge on any atom is 0.221 e. The molecule has 1 amide bonds. The SMILES string of the molecule is CCNC(C)CC(=O)NCC(C)C#N. The highest BCUT2D eigenvalue weighted by atomic mass is 16.1. The Bertz CT molecular complexity index is 210. The van der Waals surface area contributed by atoms with Gasteiger partial charge < -0.3 is 10.6 Å². The number of hydrogen-bond acceptors (Lipinski definition) is 3. The first-order chi connectivity index (χ1) is 6.60. The van der Waals surface area contributed by atoms with Gasteiger partial charge in [0.25, 0.3) is 0 Å². The van der Waals surface area contributed by atoms with E-state index in [-0.39, 0.29) is 17.9 Å². The molecule has 0 bridgehead atoms. The van der Waals surface area contributed by atoms with Crippen LogP contribution in [0.15, 0.2) is 0 Å². The molecule has 0 saturated heterocycles. The molecule has 0 aromatic rings. The van der Waals surface area contributed by atoms with Gasteiger partial charge in [-0.2, -0.15) is 5.26 Å². The summed E-state index contributed by atoms with van der Waals surface area (Å²) < 4.78 is 0. The Kier molecular flexibility index (Phi) is 6.77. The third kappa shape index (κ3) is 6.44. The highest BCUT2D eigenvalue weighted by Gasteiger charge is 2.08. The fourth-order valence-corrected chi connectivity index (χ4v) is 1.08. The number of rotatable bonds is 6. The fourth-order valence-electron chi connectivity index (χ4n) is 1.08. The second kappa shape index (κ2) is 7.34. The summed E-state index contributed by atoms with van der Waals surface area (Å²) in [5.41, 5.74) is 0. The monoisotopic (exact) mass is 197 g/mol.